The molecule has 3 heterocycles. The van der Waals surface area contributed by atoms with Crippen molar-refractivity contribution >= 4 is 6.29 Å². The molecule has 0 saturated carbocycles. The van der Waals surface area contributed by atoms with Gasteiger partial charge in [-0.25, -0.2) is 0 Å². The number of methoxy groups -OCH3 is 1. The van der Waals surface area contributed by atoms with Gasteiger partial charge in [-0.05, 0) is 45.9 Å². The first-order chi connectivity index (χ1) is 13.2. The molecule has 3 fully saturated rings. The molecule has 1 aromatic rings. The number of ether oxygens (including phenoxy) is 7. The Morgan fingerprint density at radius 3 is 2.43 bits per heavy atom. The molecule has 154 valence electrons. The Hall–Kier alpha value is -1.71. The van der Waals surface area contributed by atoms with E-state index in [1.165, 1.54) is 7.11 Å². The lowest BCUT2D eigenvalue weighted by atomic mass is 9.97. The molecule has 3 saturated heterocycles. The molecule has 0 aromatic heterocycles. The molecule has 5 atom stereocenters. The van der Waals surface area contributed by atoms with Crippen LogP contribution >= 0.6 is 0 Å². The van der Waals surface area contributed by atoms with Gasteiger partial charge in [-0.15, -0.1) is 0 Å². The van der Waals surface area contributed by atoms with E-state index in [4.69, 9.17) is 33.2 Å². The zero-order chi connectivity index (χ0) is 20.1. The highest BCUT2D eigenvalue weighted by atomic mass is 16.8. The van der Waals surface area contributed by atoms with E-state index in [0.717, 1.165) is 6.29 Å². The van der Waals surface area contributed by atoms with E-state index in [1.54, 1.807) is 18.2 Å². The van der Waals surface area contributed by atoms with Gasteiger partial charge in [0.15, 0.2) is 29.2 Å². The molecule has 3 aliphatic heterocycles. The number of hydrogen-bond acceptors (Lipinski definition) is 8. The Morgan fingerprint density at radius 1 is 1.00 bits per heavy atom. The van der Waals surface area contributed by atoms with Crippen molar-refractivity contribution in [2.24, 2.45) is 0 Å². The Labute approximate surface area is 163 Å². The van der Waals surface area contributed by atoms with E-state index >= 15 is 0 Å². The van der Waals surface area contributed by atoms with Crippen molar-refractivity contribution in [1.82, 2.24) is 0 Å². The molecule has 1 aromatic carbocycles. The number of carbonyl (C=O) groups excluding carboxylic acids is 1. The Bertz CT molecular complexity index is 746. The normalized spacial score (nSPS) is 35.5. The standard InChI is InChI=1S/C20H26O8/c1-19(2)23-10-14-15(26-19)16-17(28-20(3,4)27-16)18(25-14)24-12-7-6-11(9-21)8-13(12)22-5/h6-9,14-18H,10H2,1-5H3/t14-,15-,16+,17+,18-/m1/s1. The minimum absolute atomic E-state index is 0.338. The van der Waals surface area contributed by atoms with Crippen LogP contribution in [-0.2, 0) is 23.7 Å². The van der Waals surface area contributed by atoms with Crippen LogP contribution in [0.4, 0.5) is 0 Å². The SMILES string of the molecule is COc1cc(C=O)ccc1O[C@@H]1O[C@@H]2COC(C)(C)O[C@H]2[C@@H]2OC(C)(C)O[C@H]12. The maximum atomic E-state index is 11.0. The average molecular weight is 394 g/mol. The summed E-state index contributed by atoms with van der Waals surface area (Å²) < 4.78 is 41.7. The number of carbonyl (C=O) groups is 1. The Morgan fingerprint density at radius 2 is 1.71 bits per heavy atom. The van der Waals surface area contributed by atoms with Gasteiger partial charge < -0.3 is 33.2 Å². The van der Waals surface area contributed by atoms with Crippen LogP contribution in [0.3, 0.4) is 0 Å². The van der Waals surface area contributed by atoms with Crippen molar-refractivity contribution in [2.75, 3.05) is 13.7 Å². The van der Waals surface area contributed by atoms with E-state index in [0.29, 0.717) is 23.7 Å². The van der Waals surface area contributed by atoms with Gasteiger partial charge >= 0.3 is 0 Å². The van der Waals surface area contributed by atoms with Crippen molar-refractivity contribution in [3.05, 3.63) is 23.8 Å². The topological polar surface area (TPSA) is 81.7 Å². The van der Waals surface area contributed by atoms with Crippen molar-refractivity contribution in [3.8, 4) is 11.5 Å². The minimum Gasteiger partial charge on any atom is -0.493 e. The van der Waals surface area contributed by atoms with E-state index in [9.17, 15) is 4.79 Å². The first-order valence-electron chi connectivity index (χ1n) is 9.34. The molecule has 0 amide bonds. The van der Waals surface area contributed by atoms with Gasteiger partial charge in [-0.1, -0.05) is 0 Å². The molecular formula is C20H26O8. The highest BCUT2D eigenvalue weighted by molar-refractivity contribution is 5.76. The van der Waals surface area contributed by atoms with Crippen LogP contribution in [0.5, 0.6) is 11.5 Å². The summed E-state index contributed by atoms with van der Waals surface area (Å²) in [6.45, 7) is 7.77. The maximum Gasteiger partial charge on any atom is 0.229 e. The lowest BCUT2D eigenvalue weighted by molar-refractivity contribution is -0.362. The van der Waals surface area contributed by atoms with Crippen LogP contribution in [0.2, 0.25) is 0 Å². The lowest BCUT2D eigenvalue weighted by Gasteiger charge is -2.48. The number of hydrogen-bond donors (Lipinski definition) is 0. The maximum absolute atomic E-state index is 11.0. The minimum atomic E-state index is -0.799. The fourth-order valence-electron chi connectivity index (χ4n) is 3.82. The third-order valence-electron chi connectivity index (χ3n) is 5.01. The third kappa shape index (κ3) is 3.62. The molecule has 0 bridgehead atoms. The summed E-state index contributed by atoms with van der Waals surface area (Å²) in [4.78, 5) is 11.0. The van der Waals surface area contributed by atoms with Gasteiger partial charge in [-0.2, -0.15) is 0 Å². The summed E-state index contributed by atoms with van der Waals surface area (Å²) in [7, 11) is 1.51. The van der Waals surface area contributed by atoms with E-state index in [2.05, 4.69) is 0 Å². The van der Waals surface area contributed by atoms with Crippen LogP contribution in [0.15, 0.2) is 18.2 Å². The van der Waals surface area contributed by atoms with Crippen LogP contribution < -0.4 is 9.47 Å². The zero-order valence-electron chi connectivity index (χ0n) is 16.7. The summed E-state index contributed by atoms with van der Waals surface area (Å²) in [6, 6.07) is 4.93. The summed E-state index contributed by atoms with van der Waals surface area (Å²) in [6.07, 6.45) is -1.58. The van der Waals surface area contributed by atoms with Crippen molar-refractivity contribution < 1.29 is 38.0 Å². The Balaban J connectivity index is 1.61. The van der Waals surface area contributed by atoms with Gasteiger partial charge in [0, 0.05) is 5.56 Å². The second kappa shape index (κ2) is 6.96. The predicted molar refractivity (Wildman–Crippen MR) is 96.4 cm³/mol. The molecule has 8 nitrogen and oxygen atoms in total. The molecule has 28 heavy (non-hydrogen) atoms. The van der Waals surface area contributed by atoms with Crippen LogP contribution in [-0.4, -0.2) is 62.3 Å². The predicted octanol–water partition coefficient (Wildman–Crippen LogP) is 2.28. The number of aldehydes is 1. The number of fused-ring (bicyclic) bond motifs is 3. The second-order valence-electron chi connectivity index (χ2n) is 8.05. The largest absolute Gasteiger partial charge is 0.493 e. The van der Waals surface area contributed by atoms with E-state index < -0.39 is 24.0 Å². The molecule has 0 aliphatic carbocycles. The van der Waals surface area contributed by atoms with Crippen LogP contribution in [0.1, 0.15) is 38.1 Å². The molecule has 0 radical (unpaired) electrons. The molecule has 4 rings (SSSR count). The van der Waals surface area contributed by atoms with Gasteiger partial charge in [0.1, 0.15) is 24.6 Å². The number of benzene rings is 1. The highest BCUT2D eigenvalue weighted by Gasteiger charge is 2.59. The van der Waals surface area contributed by atoms with Gasteiger partial charge in [-0.3, -0.25) is 4.79 Å². The quantitative estimate of drug-likeness (QED) is 0.720. The van der Waals surface area contributed by atoms with Crippen molar-refractivity contribution in [1.29, 1.82) is 0 Å². The molecular weight excluding hydrogens is 368 g/mol. The molecule has 8 heteroatoms. The fraction of sp³-hybridized carbons (Fsp3) is 0.650. The zero-order valence-corrected chi connectivity index (χ0v) is 16.7. The number of rotatable bonds is 4. The molecule has 0 N–H and O–H groups in total. The van der Waals surface area contributed by atoms with Crippen molar-refractivity contribution in [3.63, 3.8) is 0 Å². The van der Waals surface area contributed by atoms with E-state index in [-0.39, 0.29) is 18.3 Å². The summed E-state index contributed by atoms with van der Waals surface area (Å²) in [5, 5.41) is 0. The molecule has 3 aliphatic rings. The monoisotopic (exact) mass is 394 g/mol. The first-order valence-corrected chi connectivity index (χ1v) is 9.34. The van der Waals surface area contributed by atoms with Crippen molar-refractivity contribution in [2.45, 2.75) is 70.0 Å². The third-order valence-corrected chi connectivity index (χ3v) is 5.01. The van der Waals surface area contributed by atoms with Crippen LogP contribution in [0, 0.1) is 0 Å². The highest BCUT2D eigenvalue weighted by Crippen LogP contribution is 2.43. The van der Waals surface area contributed by atoms with Gasteiger partial charge in [0.05, 0.1) is 13.7 Å². The second-order valence-corrected chi connectivity index (χ2v) is 8.05. The van der Waals surface area contributed by atoms with Crippen LogP contribution in [0.25, 0.3) is 0 Å². The first kappa shape index (κ1) is 19.6. The summed E-state index contributed by atoms with van der Waals surface area (Å²) in [5.74, 6) is -0.650. The van der Waals surface area contributed by atoms with E-state index in [1.807, 2.05) is 27.7 Å². The lowest BCUT2D eigenvalue weighted by Crippen LogP contribution is -2.64. The molecule has 0 unspecified atom stereocenters. The Kier molecular flexibility index (Phi) is 4.87. The fourth-order valence-corrected chi connectivity index (χ4v) is 3.82. The van der Waals surface area contributed by atoms with Gasteiger partial charge in [0.25, 0.3) is 0 Å². The smallest absolute Gasteiger partial charge is 0.229 e. The van der Waals surface area contributed by atoms with Gasteiger partial charge in [0.2, 0.25) is 6.29 Å². The molecule has 0 spiro atoms. The summed E-state index contributed by atoms with van der Waals surface area (Å²) in [5.41, 5.74) is 0.490. The average Bonchev–Trinajstić information content (AvgIpc) is 2.98. The summed E-state index contributed by atoms with van der Waals surface area (Å²) >= 11 is 0.